The molecule has 1 aliphatic rings. The zero-order valence-corrected chi connectivity index (χ0v) is 12.8. The van der Waals surface area contributed by atoms with Crippen molar-refractivity contribution in [2.75, 3.05) is 39.2 Å². The Morgan fingerprint density at radius 1 is 1.35 bits per heavy atom. The van der Waals surface area contributed by atoms with Crippen LogP contribution in [0.1, 0.15) is 18.5 Å². The first-order valence-corrected chi connectivity index (χ1v) is 7.51. The number of piperazine rings is 1. The number of carbonyl (C=O) groups excluding carboxylic acids is 1. The van der Waals surface area contributed by atoms with Crippen molar-refractivity contribution in [2.24, 2.45) is 0 Å². The lowest BCUT2D eigenvalue weighted by molar-refractivity contribution is -0.933. The molecule has 0 spiro atoms. The van der Waals surface area contributed by atoms with Crippen molar-refractivity contribution in [1.29, 1.82) is 0 Å². The molecule has 1 N–H and O–H groups in total. The Morgan fingerprint density at radius 2 is 1.95 bits per heavy atom. The van der Waals surface area contributed by atoms with Crippen molar-refractivity contribution < 1.29 is 14.4 Å². The van der Waals surface area contributed by atoms with Gasteiger partial charge < -0.3 is 14.5 Å². The monoisotopic (exact) mass is 297 g/mol. The topological polar surface area (TPSA) is 34.0 Å². The van der Waals surface area contributed by atoms with Crippen LogP contribution in [-0.2, 0) is 4.79 Å². The lowest BCUT2D eigenvalue weighted by Crippen LogP contribution is -3.14. The molecular weight excluding hydrogens is 276 g/mol. The number of nitrogens with zero attached hydrogens (tertiary/aromatic N) is 1. The largest absolute Gasteiger partial charge is 0.497 e. The molecule has 20 heavy (non-hydrogen) atoms. The van der Waals surface area contributed by atoms with E-state index in [2.05, 4.69) is 19.1 Å². The Morgan fingerprint density at radius 3 is 2.45 bits per heavy atom. The fraction of sp³-hybridized carbons (Fsp3) is 0.533. The van der Waals surface area contributed by atoms with Crippen molar-refractivity contribution in [3.05, 3.63) is 29.8 Å². The number of halogens is 1. The van der Waals surface area contributed by atoms with Crippen molar-refractivity contribution in [3.8, 4) is 5.75 Å². The number of rotatable bonds is 4. The minimum Gasteiger partial charge on any atom is -0.497 e. The standard InChI is InChI=1S/C15H21ClN2O2/c1-12(13-3-5-14(20-2)6-4-13)17-7-9-18(10-8-17)15(19)11-16/h3-6,12H,7-11H2,1-2H3/p+1/t12-/m1/s1. The number of ether oxygens (including phenoxy) is 1. The SMILES string of the molecule is COc1ccc([C@@H](C)[NH+]2CCN(C(=O)CCl)CC2)cc1. The van der Waals surface area contributed by atoms with E-state index in [0.717, 1.165) is 31.9 Å². The Hall–Kier alpha value is -1.26. The average Bonchev–Trinajstić information content (AvgIpc) is 2.53. The highest BCUT2D eigenvalue weighted by Gasteiger charge is 2.27. The number of hydrogen-bond donors (Lipinski definition) is 1. The summed E-state index contributed by atoms with van der Waals surface area (Å²) in [5.74, 6) is 1.01. The second-order valence-corrected chi connectivity index (χ2v) is 5.43. The zero-order chi connectivity index (χ0) is 14.5. The summed E-state index contributed by atoms with van der Waals surface area (Å²) in [6.07, 6.45) is 0. The summed E-state index contributed by atoms with van der Waals surface area (Å²) >= 11 is 5.60. The molecule has 0 saturated carbocycles. The summed E-state index contributed by atoms with van der Waals surface area (Å²) in [7, 11) is 1.68. The van der Waals surface area contributed by atoms with Crippen LogP contribution in [-0.4, -0.2) is 50.0 Å². The molecule has 1 heterocycles. The van der Waals surface area contributed by atoms with Crippen LogP contribution in [0.4, 0.5) is 0 Å². The van der Waals surface area contributed by atoms with E-state index in [9.17, 15) is 4.79 Å². The van der Waals surface area contributed by atoms with Gasteiger partial charge in [-0.3, -0.25) is 4.79 Å². The molecule has 1 saturated heterocycles. The van der Waals surface area contributed by atoms with Crippen molar-refractivity contribution in [3.63, 3.8) is 0 Å². The predicted molar refractivity (Wildman–Crippen MR) is 79.4 cm³/mol. The molecule has 2 rings (SSSR count). The van der Waals surface area contributed by atoms with Gasteiger partial charge in [0.2, 0.25) is 5.91 Å². The maximum Gasteiger partial charge on any atom is 0.237 e. The van der Waals surface area contributed by atoms with Gasteiger partial charge in [0.25, 0.3) is 0 Å². The lowest BCUT2D eigenvalue weighted by Gasteiger charge is -2.35. The smallest absolute Gasteiger partial charge is 0.237 e. The van der Waals surface area contributed by atoms with Gasteiger partial charge in [-0.1, -0.05) is 0 Å². The fourth-order valence-electron chi connectivity index (χ4n) is 2.69. The predicted octanol–water partition coefficient (Wildman–Crippen LogP) is 0.722. The van der Waals surface area contributed by atoms with Crippen molar-refractivity contribution in [1.82, 2.24) is 4.90 Å². The minimum absolute atomic E-state index is 0.0443. The number of benzene rings is 1. The molecule has 110 valence electrons. The van der Waals surface area contributed by atoms with E-state index in [4.69, 9.17) is 16.3 Å². The summed E-state index contributed by atoms with van der Waals surface area (Å²) in [5.41, 5.74) is 1.30. The highest BCUT2D eigenvalue weighted by molar-refractivity contribution is 6.27. The lowest BCUT2D eigenvalue weighted by atomic mass is 10.1. The van der Waals surface area contributed by atoms with Gasteiger partial charge in [-0.2, -0.15) is 0 Å². The van der Waals surface area contributed by atoms with E-state index in [0.29, 0.717) is 6.04 Å². The van der Waals surface area contributed by atoms with Gasteiger partial charge >= 0.3 is 0 Å². The molecule has 1 aromatic rings. The number of alkyl halides is 1. The zero-order valence-electron chi connectivity index (χ0n) is 12.1. The van der Waals surface area contributed by atoms with Crippen LogP contribution in [0.25, 0.3) is 0 Å². The first-order valence-electron chi connectivity index (χ1n) is 6.98. The van der Waals surface area contributed by atoms with E-state index in [1.54, 1.807) is 7.11 Å². The maximum absolute atomic E-state index is 11.6. The van der Waals surface area contributed by atoms with Crippen molar-refractivity contribution >= 4 is 17.5 Å². The molecule has 4 nitrogen and oxygen atoms in total. The minimum atomic E-state index is 0.0443. The highest BCUT2D eigenvalue weighted by atomic mass is 35.5. The molecule has 1 amide bonds. The maximum atomic E-state index is 11.6. The molecular formula is C15H22ClN2O2+. The Labute approximate surface area is 125 Å². The highest BCUT2D eigenvalue weighted by Crippen LogP contribution is 2.15. The molecule has 0 unspecified atom stereocenters. The average molecular weight is 298 g/mol. The van der Waals surface area contributed by atoms with Crippen LogP contribution < -0.4 is 9.64 Å². The molecule has 1 fully saturated rings. The number of nitrogens with one attached hydrogen (secondary N) is 1. The third-order valence-corrected chi connectivity index (χ3v) is 4.33. The fourth-order valence-corrected chi connectivity index (χ4v) is 2.86. The van der Waals surface area contributed by atoms with Crippen molar-refractivity contribution in [2.45, 2.75) is 13.0 Å². The first-order chi connectivity index (χ1) is 9.65. The normalized spacial score (nSPS) is 17.9. The van der Waals surface area contributed by atoms with Gasteiger partial charge in [0, 0.05) is 5.56 Å². The van der Waals surface area contributed by atoms with Gasteiger partial charge in [-0.05, 0) is 31.2 Å². The number of amides is 1. The van der Waals surface area contributed by atoms with Crippen LogP contribution in [0, 0.1) is 0 Å². The summed E-state index contributed by atoms with van der Waals surface area (Å²) in [6.45, 7) is 5.75. The van der Waals surface area contributed by atoms with Crippen LogP contribution in [0.5, 0.6) is 5.75 Å². The van der Waals surface area contributed by atoms with Gasteiger partial charge in [0.05, 0.1) is 33.3 Å². The van der Waals surface area contributed by atoms with Crippen LogP contribution in [0.15, 0.2) is 24.3 Å². The molecule has 0 bridgehead atoms. The van der Waals surface area contributed by atoms with Gasteiger partial charge in [-0.15, -0.1) is 11.6 Å². The summed E-state index contributed by atoms with van der Waals surface area (Å²) in [4.78, 5) is 14.9. The molecule has 0 radical (unpaired) electrons. The molecule has 1 aromatic carbocycles. The Balaban J connectivity index is 1.93. The number of methoxy groups -OCH3 is 1. The van der Waals surface area contributed by atoms with E-state index in [1.807, 2.05) is 17.0 Å². The van der Waals surface area contributed by atoms with Crippen LogP contribution >= 0.6 is 11.6 Å². The molecule has 1 atom stereocenters. The second kappa shape index (κ2) is 6.95. The quantitative estimate of drug-likeness (QED) is 0.831. The van der Waals surface area contributed by atoms with Gasteiger partial charge in [0.15, 0.2) is 0 Å². The summed E-state index contributed by atoms with van der Waals surface area (Å²) < 4.78 is 5.18. The number of carbonyl (C=O) groups is 1. The summed E-state index contributed by atoms with van der Waals surface area (Å²) in [5, 5.41) is 0. The Bertz CT molecular complexity index is 442. The molecule has 5 heteroatoms. The second-order valence-electron chi connectivity index (χ2n) is 5.17. The van der Waals surface area contributed by atoms with E-state index in [-0.39, 0.29) is 11.8 Å². The van der Waals surface area contributed by atoms with E-state index in [1.165, 1.54) is 10.5 Å². The Kier molecular flexibility index (Phi) is 5.26. The number of hydrogen-bond acceptors (Lipinski definition) is 2. The van der Waals surface area contributed by atoms with Crippen LogP contribution in [0.2, 0.25) is 0 Å². The molecule has 0 aliphatic carbocycles. The third-order valence-electron chi connectivity index (χ3n) is 4.10. The van der Waals surface area contributed by atoms with Gasteiger partial charge in [0.1, 0.15) is 17.7 Å². The molecule has 0 aromatic heterocycles. The third kappa shape index (κ3) is 3.44. The molecule has 1 aliphatic heterocycles. The van der Waals surface area contributed by atoms with Gasteiger partial charge in [-0.25, -0.2) is 0 Å². The summed E-state index contributed by atoms with van der Waals surface area (Å²) in [6, 6.07) is 8.66. The van der Waals surface area contributed by atoms with E-state index < -0.39 is 0 Å². The van der Waals surface area contributed by atoms with Crippen LogP contribution in [0.3, 0.4) is 0 Å². The number of quaternary nitrogens is 1. The first kappa shape index (κ1) is 15.1. The van der Waals surface area contributed by atoms with E-state index >= 15 is 0 Å².